The zero-order chi connectivity index (χ0) is 11.7. The minimum Gasteiger partial charge on any atom is -0.477 e. The van der Waals surface area contributed by atoms with E-state index in [-0.39, 0.29) is 5.69 Å². The van der Waals surface area contributed by atoms with E-state index in [1.165, 1.54) is 0 Å². The van der Waals surface area contributed by atoms with Gasteiger partial charge in [0, 0.05) is 10.6 Å². The van der Waals surface area contributed by atoms with Crippen LogP contribution in [0.5, 0.6) is 0 Å². The van der Waals surface area contributed by atoms with Crippen LogP contribution < -0.4 is 0 Å². The molecule has 0 atom stereocenters. The number of hydrogen-bond acceptors (Lipinski definition) is 2. The number of carboxylic acids is 1. The minimum atomic E-state index is -1.02. The third-order valence-corrected chi connectivity index (χ3v) is 2.55. The van der Waals surface area contributed by atoms with Crippen molar-refractivity contribution in [2.45, 2.75) is 6.92 Å². The van der Waals surface area contributed by atoms with E-state index in [4.69, 9.17) is 16.7 Å². The summed E-state index contributed by atoms with van der Waals surface area (Å²) in [6.07, 6.45) is 0. The number of aromatic nitrogens is 2. The van der Waals surface area contributed by atoms with E-state index in [2.05, 4.69) is 10.2 Å². The topological polar surface area (TPSA) is 66.0 Å². The van der Waals surface area contributed by atoms with Crippen molar-refractivity contribution >= 4 is 17.6 Å². The second-order valence-electron chi connectivity index (χ2n) is 3.37. The van der Waals surface area contributed by atoms with Gasteiger partial charge < -0.3 is 5.11 Å². The van der Waals surface area contributed by atoms with Crippen molar-refractivity contribution in [2.75, 3.05) is 0 Å². The molecule has 0 saturated carbocycles. The largest absolute Gasteiger partial charge is 0.477 e. The molecule has 0 saturated heterocycles. The van der Waals surface area contributed by atoms with Gasteiger partial charge in [-0.2, -0.15) is 5.10 Å². The maximum Gasteiger partial charge on any atom is 0.354 e. The standard InChI is InChI=1S/C11H9ClN2O2/c1-6-9(10(11(15)16)14-13-6)7-2-4-8(12)5-3-7/h2-5H,1H3,(H,13,14)(H,15,16). The molecule has 2 aromatic rings. The van der Waals surface area contributed by atoms with Crippen molar-refractivity contribution < 1.29 is 9.90 Å². The van der Waals surface area contributed by atoms with Gasteiger partial charge in [-0.3, -0.25) is 5.10 Å². The third kappa shape index (κ3) is 1.79. The van der Waals surface area contributed by atoms with Crippen molar-refractivity contribution in [3.05, 3.63) is 40.7 Å². The summed E-state index contributed by atoms with van der Waals surface area (Å²) in [5.41, 5.74) is 2.14. The highest BCUT2D eigenvalue weighted by molar-refractivity contribution is 6.30. The van der Waals surface area contributed by atoms with E-state index in [0.717, 1.165) is 5.56 Å². The Morgan fingerprint density at radius 1 is 1.38 bits per heavy atom. The minimum absolute atomic E-state index is 0.0971. The molecule has 0 amide bonds. The van der Waals surface area contributed by atoms with E-state index in [9.17, 15) is 4.79 Å². The van der Waals surface area contributed by atoms with Crippen LogP contribution in [-0.4, -0.2) is 21.3 Å². The number of nitrogens with zero attached hydrogens (tertiary/aromatic N) is 1. The van der Waals surface area contributed by atoms with Gasteiger partial charge in [-0.05, 0) is 24.6 Å². The van der Waals surface area contributed by atoms with E-state index < -0.39 is 5.97 Å². The first kappa shape index (κ1) is 10.7. The number of H-pyrrole nitrogens is 1. The maximum absolute atomic E-state index is 11.0. The van der Waals surface area contributed by atoms with Crippen molar-refractivity contribution in [1.82, 2.24) is 10.2 Å². The van der Waals surface area contributed by atoms with Crippen LogP contribution in [0.25, 0.3) is 11.1 Å². The molecule has 0 aliphatic heterocycles. The van der Waals surface area contributed by atoms with Gasteiger partial charge in [0.2, 0.25) is 0 Å². The number of aromatic amines is 1. The lowest BCUT2D eigenvalue weighted by Crippen LogP contribution is -1.99. The van der Waals surface area contributed by atoms with Crippen LogP contribution in [0, 0.1) is 6.92 Å². The van der Waals surface area contributed by atoms with Crippen LogP contribution in [-0.2, 0) is 0 Å². The molecular weight excluding hydrogens is 228 g/mol. The van der Waals surface area contributed by atoms with Crippen molar-refractivity contribution in [1.29, 1.82) is 0 Å². The lowest BCUT2D eigenvalue weighted by atomic mass is 10.0. The Balaban J connectivity index is 2.58. The molecule has 4 nitrogen and oxygen atoms in total. The number of carboxylic acid groups (broad SMARTS) is 1. The van der Waals surface area contributed by atoms with E-state index >= 15 is 0 Å². The molecule has 0 aliphatic rings. The number of carbonyl (C=O) groups is 1. The van der Waals surface area contributed by atoms with Gasteiger partial charge in [0.1, 0.15) is 0 Å². The van der Waals surface area contributed by atoms with Gasteiger partial charge in [0.15, 0.2) is 5.69 Å². The zero-order valence-corrected chi connectivity index (χ0v) is 9.25. The second-order valence-corrected chi connectivity index (χ2v) is 3.81. The Morgan fingerprint density at radius 2 is 2.00 bits per heavy atom. The molecule has 1 heterocycles. The van der Waals surface area contributed by atoms with E-state index in [1.54, 1.807) is 31.2 Å². The average molecular weight is 237 g/mol. The van der Waals surface area contributed by atoms with Gasteiger partial charge >= 0.3 is 5.97 Å². The van der Waals surface area contributed by atoms with Crippen LogP contribution in [0.15, 0.2) is 24.3 Å². The lowest BCUT2D eigenvalue weighted by Gasteiger charge is -2.01. The molecule has 0 aliphatic carbocycles. The summed E-state index contributed by atoms with van der Waals surface area (Å²) in [6, 6.07) is 6.98. The van der Waals surface area contributed by atoms with Gasteiger partial charge in [-0.15, -0.1) is 0 Å². The fraction of sp³-hybridized carbons (Fsp3) is 0.0909. The first-order valence-electron chi connectivity index (χ1n) is 4.64. The number of halogens is 1. The molecule has 82 valence electrons. The third-order valence-electron chi connectivity index (χ3n) is 2.29. The van der Waals surface area contributed by atoms with Crippen LogP contribution in [0.2, 0.25) is 5.02 Å². The zero-order valence-electron chi connectivity index (χ0n) is 8.49. The Labute approximate surface area is 96.9 Å². The highest BCUT2D eigenvalue weighted by atomic mass is 35.5. The van der Waals surface area contributed by atoms with Crippen LogP contribution >= 0.6 is 11.6 Å². The summed E-state index contributed by atoms with van der Waals surface area (Å²) in [7, 11) is 0. The summed E-state index contributed by atoms with van der Waals surface area (Å²) < 4.78 is 0. The first-order valence-corrected chi connectivity index (χ1v) is 5.01. The van der Waals surface area contributed by atoms with Crippen molar-refractivity contribution in [3.8, 4) is 11.1 Å². The molecule has 0 unspecified atom stereocenters. The summed E-state index contributed by atoms with van der Waals surface area (Å²) >= 11 is 5.78. The average Bonchev–Trinajstić information content (AvgIpc) is 2.62. The fourth-order valence-electron chi connectivity index (χ4n) is 1.56. The molecule has 0 fully saturated rings. The number of benzene rings is 1. The summed E-state index contributed by atoms with van der Waals surface area (Å²) in [5, 5.41) is 16.0. The SMILES string of the molecule is Cc1n[nH]c(C(=O)O)c1-c1ccc(Cl)cc1. The number of aromatic carboxylic acids is 1. The number of nitrogens with one attached hydrogen (secondary N) is 1. The highest BCUT2D eigenvalue weighted by Gasteiger charge is 2.17. The van der Waals surface area contributed by atoms with E-state index in [0.29, 0.717) is 16.3 Å². The van der Waals surface area contributed by atoms with Crippen LogP contribution in [0.3, 0.4) is 0 Å². The van der Waals surface area contributed by atoms with Gasteiger partial charge in [0.05, 0.1) is 5.69 Å². The molecule has 5 heteroatoms. The number of hydrogen-bond donors (Lipinski definition) is 2. The molecule has 0 spiro atoms. The predicted octanol–water partition coefficient (Wildman–Crippen LogP) is 2.74. The Hall–Kier alpha value is -1.81. The Morgan fingerprint density at radius 3 is 2.56 bits per heavy atom. The Bertz CT molecular complexity index is 531. The van der Waals surface area contributed by atoms with Gasteiger partial charge in [-0.1, -0.05) is 23.7 Å². The fourth-order valence-corrected chi connectivity index (χ4v) is 1.68. The summed E-state index contributed by atoms with van der Waals surface area (Å²) in [4.78, 5) is 11.0. The summed E-state index contributed by atoms with van der Waals surface area (Å²) in [6.45, 7) is 1.76. The van der Waals surface area contributed by atoms with Crippen molar-refractivity contribution in [2.24, 2.45) is 0 Å². The molecule has 0 bridgehead atoms. The van der Waals surface area contributed by atoms with Crippen LogP contribution in [0.4, 0.5) is 0 Å². The molecule has 2 rings (SSSR count). The smallest absolute Gasteiger partial charge is 0.354 e. The molecule has 0 radical (unpaired) electrons. The van der Waals surface area contributed by atoms with Gasteiger partial charge in [-0.25, -0.2) is 4.79 Å². The quantitative estimate of drug-likeness (QED) is 0.843. The normalized spacial score (nSPS) is 10.4. The van der Waals surface area contributed by atoms with Crippen molar-refractivity contribution in [3.63, 3.8) is 0 Å². The Kier molecular flexibility index (Phi) is 2.66. The monoisotopic (exact) mass is 236 g/mol. The van der Waals surface area contributed by atoms with Crippen LogP contribution in [0.1, 0.15) is 16.2 Å². The summed E-state index contributed by atoms with van der Waals surface area (Å²) in [5.74, 6) is -1.02. The second kappa shape index (κ2) is 3.98. The first-order chi connectivity index (χ1) is 7.59. The molecule has 2 N–H and O–H groups in total. The molecule has 1 aromatic heterocycles. The predicted molar refractivity (Wildman–Crippen MR) is 60.7 cm³/mol. The van der Waals surface area contributed by atoms with E-state index in [1.807, 2.05) is 0 Å². The van der Waals surface area contributed by atoms with Gasteiger partial charge in [0.25, 0.3) is 0 Å². The molecular formula is C11H9ClN2O2. The lowest BCUT2D eigenvalue weighted by molar-refractivity contribution is 0.0691. The molecule has 1 aromatic carbocycles. The number of aryl methyl sites for hydroxylation is 1. The molecule has 16 heavy (non-hydrogen) atoms. The number of rotatable bonds is 2. The maximum atomic E-state index is 11.0. The highest BCUT2D eigenvalue weighted by Crippen LogP contribution is 2.26.